The van der Waals surface area contributed by atoms with Crippen molar-refractivity contribution in [3.63, 3.8) is 0 Å². The molecular weight excluding hydrogens is 318 g/mol. The van der Waals surface area contributed by atoms with Crippen LogP contribution in [-0.2, 0) is 4.79 Å². The van der Waals surface area contributed by atoms with Crippen molar-refractivity contribution >= 4 is 11.8 Å². The lowest BCUT2D eigenvalue weighted by Gasteiger charge is -2.34. The van der Waals surface area contributed by atoms with E-state index in [2.05, 4.69) is 21.8 Å². The number of hydrogen-bond donors (Lipinski definition) is 0. The number of rotatable bonds is 6. The van der Waals surface area contributed by atoms with Crippen molar-refractivity contribution in [3.05, 3.63) is 23.8 Å². The molecule has 0 atom stereocenters. The Morgan fingerprint density at radius 1 is 1.16 bits per heavy atom. The fraction of sp³-hybridized carbons (Fsp3) is 0.667. The van der Waals surface area contributed by atoms with Crippen LogP contribution in [0.1, 0.15) is 42.4 Å². The molecule has 0 N–H and O–H groups in total. The summed E-state index contributed by atoms with van der Waals surface area (Å²) in [6.07, 6.45) is 5.53. The minimum absolute atomic E-state index is 0.112. The van der Waals surface area contributed by atoms with Crippen molar-refractivity contribution < 1.29 is 9.59 Å². The second kappa shape index (κ2) is 7.91. The van der Waals surface area contributed by atoms with Crippen LogP contribution in [0, 0.1) is 6.92 Å². The molecule has 1 aromatic rings. The van der Waals surface area contributed by atoms with E-state index in [9.17, 15) is 9.59 Å². The summed E-state index contributed by atoms with van der Waals surface area (Å²) in [5.41, 5.74) is 1.15. The average Bonchev–Trinajstić information content (AvgIpc) is 3.47. The Hall–Kier alpha value is -2.02. The second-order valence-corrected chi connectivity index (χ2v) is 6.84. The summed E-state index contributed by atoms with van der Waals surface area (Å²) in [6.45, 7) is 8.93. The number of carbonyl (C=O) groups is 2. The number of likely N-dealkylation sites (N-methyl/N-ethyl adjacent to an activating group) is 1. The smallest absolute Gasteiger partial charge is 0.274 e. The van der Waals surface area contributed by atoms with E-state index in [4.69, 9.17) is 0 Å². The van der Waals surface area contributed by atoms with Gasteiger partial charge in [0.05, 0.1) is 11.9 Å². The predicted octanol–water partition coefficient (Wildman–Crippen LogP) is 0.944. The molecule has 7 heteroatoms. The number of carbonyl (C=O) groups excluding carboxylic acids is 2. The number of hydrogen-bond acceptors (Lipinski definition) is 5. The van der Waals surface area contributed by atoms with Gasteiger partial charge in [-0.2, -0.15) is 0 Å². The van der Waals surface area contributed by atoms with Gasteiger partial charge in [0.1, 0.15) is 5.69 Å². The van der Waals surface area contributed by atoms with Gasteiger partial charge >= 0.3 is 0 Å². The Balaban J connectivity index is 1.55. The first-order valence-corrected chi connectivity index (χ1v) is 9.18. The molecule has 0 spiro atoms. The zero-order valence-corrected chi connectivity index (χ0v) is 15.1. The predicted molar refractivity (Wildman–Crippen MR) is 94.1 cm³/mol. The first-order valence-electron chi connectivity index (χ1n) is 9.18. The maximum atomic E-state index is 12.7. The summed E-state index contributed by atoms with van der Waals surface area (Å²) in [5.74, 6) is 0.0304. The Kier molecular flexibility index (Phi) is 5.63. The molecule has 136 valence electrons. The van der Waals surface area contributed by atoms with Crippen molar-refractivity contribution in [2.45, 2.75) is 39.2 Å². The maximum Gasteiger partial charge on any atom is 0.274 e. The molecular formula is C18H27N5O2. The van der Waals surface area contributed by atoms with Crippen LogP contribution < -0.4 is 0 Å². The van der Waals surface area contributed by atoms with E-state index in [0.29, 0.717) is 18.7 Å². The highest BCUT2D eigenvalue weighted by Crippen LogP contribution is 2.28. The summed E-state index contributed by atoms with van der Waals surface area (Å²) < 4.78 is 0. The van der Waals surface area contributed by atoms with Crippen LogP contribution in [0.2, 0.25) is 0 Å². The van der Waals surface area contributed by atoms with E-state index in [1.165, 1.54) is 6.20 Å². The van der Waals surface area contributed by atoms with Crippen LogP contribution in [0.3, 0.4) is 0 Å². The van der Waals surface area contributed by atoms with Crippen LogP contribution >= 0.6 is 0 Å². The lowest BCUT2D eigenvalue weighted by Crippen LogP contribution is -2.49. The molecule has 1 aliphatic heterocycles. The lowest BCUT2D eigenvalue weighted by molar-refractivity contribution is -0.133. The molecule has 0 bridgehead atoms. The molecule has 0 radical (unpaired) electrons. The molecule has 25 heavy (non-hydrogen) atoms. The highest BCUT2D eigenvalue weighted by Gasteiger charge is 2.34. The van der Waals surface area contributed by atoms with Gasteiger partial charge in [-0.1, -0.05) is 6.92 Å². The molecule has 0 unspecified atom stereocenters. The molecule has 3 rings (SSSR count). The summed E-state index contributed by atoms with van der Waals surface area (Å²) in [4.78, 5) is 39.6. The van der Waals surface area contributed by atoms with E-state index in [1.54, 1.807) is 11.1 Å². The molecule has 2 heterocycles. The van der Waals surface area contributed by atoms with Crippen LogP contribution in [0.25, 0.3) is 0 Å². The molecule has 0 aromatic carbocycles. The Bertz CT molecular complexity index is 606. The maximum absolute atomic E-state index is 12.7. The molecule has 2 aliphatic rings. The van der Waals surface area contributed by atoms with Gasteiger partial charge in [0.15, 0.2) is 0 Å². The zero-order valence-electron chi connectivity index (χ0n) is 15.1. The van der Waals surface area contributed by atoms with Gasteiger partial charge in [0.2, 0.25) is 5.91 Å². The van der Waals surface area contributed by atoms with E-state index >= 15 is 0 Å². The number of nitrogens with zero attached hydrogens (tertiary/aromatic N) is 5. The number of amides is 2. The standard InChI is InChI=1S/C18H27N5O2/c1-3-21-8-10-22(11-9-21)17(24)6-7-23(15-4-5-15)18(25)16-13-19-14(2)12-20-16/h12-13,15H,3-11H2,1-2H3. The number of piperazine rings is 1. The highest BCUT2D eigenvalue weighted by atomic mass is 16.2. The summed E-state index contributed by atoms with van der Waals surface area (Å²) in [5, 5.41) is 0. The normalized spacial score (nSPS) is 18.2. The quantitative estimate of drug-likeness (QED) is 0.768. The molecule has 1 saturated carbocycles. The third-order valence-corrected chi connectivity index (χ3v) is 4.99. The SMILES string of the molecule is CCN1CCN(C(=O)CCN(C(=O)c2cnc(C)cn2)C2CC2)CC1. The summed E-state index contributed by atoms with van der Waals surface area (Å²) >= 11 is 0. The molecule has 2 fully saturated rings. The van der Waals surface area contributed by atoms with Crippen molar-refractivity contribution in [3.8, 4) is 0 Å². The molecule has 7 nitrogen and oxygen atoms in total. The third-order valence-electron chi connectivity index (χ3n) is 4.99. The Morgan fingerprint density at radius 2 is 1.88 bits per heavy atom. The van der Waals surface area contributed by atoms with Gasteiger partial charge in [-0.25, -0.2) is 4.98 Å². The van der Waals surface area contributed by atoms with Crippen molar-refractivity contribution in [1.82, 2.24) is 24.7 Å². The van der Waals surface area contributed by atoms with Gasteiger partial charge in [-0.15, -0.1) is 0 Å². The van der Waals surface area contributed by atoms with Gasteiger partial charge in [0, 0.05) is 51.4 Å². The molecule has 2 amide bonds. The van der Waals surface area contributed by atoms with E-state index in [0.717, 1.165) is 51.3 Å². The van der Waals surface area contributed by atoms with Crippen LogP contribution in [0.5, 0.6) is 0 Å². The fourth-order valence-electron chi connectivity index (χ4n) is 3.17. The average molecular weight is 345 g/mol. The van der Waals surface area contributed by atoms with Gasteiger partial charge in [-0.05, 0) is 26.3 Å². The van der Waals surface area contributed by atoms with Gasteiger partial charge in [0.25, 0.3) is 5.91 Å². The molecule has 1 aliphatic carbocycles. The fourth-order valence-corrected chi connectivity index (χ4v) is 3.17. The first kappa shape index (κ1) is 17.8. The topological polar surface area (TPSA) is 69.6 Å². The van der Waals surface area contributed by atoms with Crippen molar-refractivity contribution in [2.24, 2.45) is 0 Å². The van der Waals surface area contributed by atoms with E-state index < -0.39 is 0 Å². The largest absolute Gasteiger partial charge is 0.340 e. The monoisotopic (exact) mass is 345 g/mol. The number of aryl methyl sites for hydroxylation is 1. The van der Waals surface area contributed by atoms with Gasteiger partial charge < -0.3 is 14.7 Å². The minimum atomic E-state index is -0.112. The first-order chi connectivity index (χ1) is 12.1. The highest BCUT2D eigenvalue weighted by molar-refractivity contribution is 5.92. The van der Waals surface area contributed by atoms with E-state index in [1.807, 2.05) is 11.8 Å². The van der Waals surface area contributed by atoms with Crippen LogP contribution in [-0.4, -0.2) is 81.8 Å². The molecule has 1 saturated heterocycles. The molecule has 1 aromatic heterocycles. The summed E-state index contributed by atoms with van der Waals surface area (Å²) in [6, 6.07) is 0.250. The Labute approximate surface area is 149 Å². The summed E-state index contributed by atoms with van der Waals surface area (Å²) in [7, 11) is 0. The van der Waals surface area contributed by atoms with E-state index in [-0.39, 0.29) is 17.9 Å². The Morgan fingerprint density at radius 3 is 2.44 bits per heavy atom. The third kappa shape index (κ3) is 4.54. The minimum Gasteiger partial charge on any atom is -0.340 e. The van der Waals surface area contributed by atoms with Crippen molar-refractivity contribution in [1.29, 1.82) is 0 Å². The zero-order chi connectivity index (χ0) is 17.8. The second-order valence-electron chi connectivity index (χ2n) is 6.84. The lowest BCUT2D eigenvalue weighted by atomic mass is 10.2. The van der Waals surface area contributed by atoms with Crippen LogP contribution in [0.4, 0.5) is 0 Å². The van der Waals surface area contributed by atoms with Gasteiger partial charge in [-0.3, -0.25) is 14.6 Å². The van der Waals surface area contributed by atoms with Crippen molar-refractivity contribution in [2.75, 3.05) is 39.3 Å². The number of aromatic nitrogens is 2. The van der Waals surface area contributed by atoms with Crippen LogP contribution in [0.15, 0.2) is 12.4 Å².